The maximum absolute atomic E-state index is 12.7. The maximum atomic E-state index is 12.7. The molecule has 1 aliphatic heterocycles. The lowest BCUT2D eigenvalue weighted by molar-refractivity contribution is -0.137. The molecule has 2 amide bonds. The molecule has 0 aromatic heterocycles. The Morgan fingerprint density at radius 3 is 2.60 bits per heavy atom. The molecule has 5 nitrogen and oxygen atoms in total. The summed E-state index contributed by atoms with van der Waals surface area (Å²) in [7, 11) is 0. The van der Waals surface area contributed by atoms with E-state index in [1.807, 2.05) is 6.92 Å². The summed E-state index contributed by atoms with van der Waals surface area (Å²) in [5, 5.41) is 3.32. The lowest BCUT2D eigenvalue weighted by atomic mass is 10.00. The molecule has 1 heterocycles. The van der Waals surface area contributed by atoms with Crippen molar-refractivity contribution in [2.24, 2.45) is 11.7 Å². The van der Waals surface area contributed by atoms with Crippen LogP contribution in [-0.4, -0.2) is 36.3 Å². The van der Waals surface area contributed by atoms with E-state index in [9.17, 15) is 9.59 Å². The van der Waals surface area contributed by atoms with E-state index >= 15 is 0 Å². The van der Waals surface area contributed by atoms with Crippen LogP contribution in [0, 0.1) is 5.92 Å². The van der Waals surface area contributed by atoms with Gasteiger partial charge in [0.2, 0.25) is 11.8 Å². The quantitative estimate of drug-likeness (QED) is 0.722. The molecule has 1 aliphatic rings. The molecule has 1 saturated heterocycles. The van der Waals surface area contributed by atoms with Crippen molar-refractivity contribution in [3.63, 3.8) is 0 Å². The first-order valence-corrected chi connectivity index (χ1v) is 9.38. The topological polar surface area (TPSA) is 75.4 Å². The normalized spacial score (nSPS) is 18.1. The summed E-state index contributed by atoms with van der Waals surface area (Å²) in [6, 6.07) is 8.16. The van der Waals surface area contributed by atoms with E-state index in [2.05, 4.69) is 36.5 Å². The average molecular weight is 345 g/mol. The zero-order chi connectivity index (χ0) is 18.2. The number of primary amides is 1. The molecule has 1 fully saturated rings. The van der Waals surface area contributed by atoms with E-state index in [4.69, 9.17) is 5.73 Å². The molecular weight excluding hydrogens is 314 g/mol. The Bertz CT molecular complexity index is 565. The molecule has 0 spiro atoms. The SMILES string of the molecule is CCCc1ccc(C(C)N(CC(N)=O)C(=O)CCC2CCNC2)cc1. The Labute approximate surface area is 151 Å². The summed E-state index contributed by atoms with van der Waals surface area (Å²) >= 11 is 0. The van der Waals surface area contributed by atoms with Gasteiger partial charge >= 0.3 is 0 Å². The predicted octanol–water partition coefficient (Wildman–Crippen LogP) is 2.40. The zero-order valence-corrected chi connectivity index (χ0v) is 15.5. The van der Waals surface area contributed by atoms with Gasteiger partial charge in [0, 0.05) is 6.42 Å². The van der Waals surface area contributed by atoms with Gasteiger partial charge in [0.15, 0.2) is 0 Å². The Morgan fingerprint density at radius 2 is 2.04 bits per heavy atom. The van der Waals surface area contributed by atoms with Crippen molar-refractivity contribution in [1.29, 1.82) is 0 Å². The van der Waals surface area contributed by atoms with Crippen LogP contribution in [-0.2, 0) is 16.0 Å². The summed E-state index contributed by atoms with van der Waals surface area (Å²) < 4.78 is 0. The van der Waals surface area contributed by atoms with Gasteiger partial charge in [0.1, 0.15) is 0 Å². The van der Waals surface area contributed by atoms with Crippen LogP contribution in [0.1, 0.15) is 56.7 Å². The van der Waals surface area contributed by atoms with Gasteiger partial charge in [-0.25, -0.2) is 0 Å². The average Bonchev–Trinajstić information content (AvgIpc) is 3.11. The van der Waals surface area contributed by atoms with E-state index in [0.29, 0.717) is 12.3 Å². The second-order valence-electron chi connectivity index (χ2n) is 7.05. The molecule has 1 aromatic rings. The van der Waals surface area contributed by atoms with Crippen LogP contribution in [0.3, 0.4) is 0 Å². The fourth-order valence-corrected chi connectivity index (χ4v) is 3.47. The summed E-state index contributed by atoms with van der Waals surface area (Å²) in [4.78, 5) is 25.8. The van der Waals surface area contributed by atoms with E-state index in [1.54, 1.807) is 4.90 Å². The number of aryl methyl sites for hydroxylation is 1. The standard InChI is InChI=1S/C20H31N3O2/c1-3-4-16-5-8-18(9-6-16)15(2)23(14-19(21)24)20(25)10-7-17-11-12-22-13-17/h5-6,8-9,15,17,22H,3-4,7,10-14H2,1-2H3,(H2,21,24). The van der Waals surface area contributed by atoms with E-state index in [-0.39, 0.29) is 18.5 Å². The highest BCUT2D eigenvalue weighted by Gasteiger charge is 2.24. The minimum atomic E-state index is -0.467. The van der Waals surface area contributed by atoms with Gasteiger partial charge in [0.05, 0.1) is 12.6 Å². The second kappa shape index (κ2) is 9.56. The monoisotopic (exact) mass is 345 g/mol. The number of carbonyl (C=O) groups is 2. The zero-order valence-electron chi connectivity index (χ0n) is 15.5. The molecule has 1 aromatic carbocycles. The summed E-state index contributed by atoms with van der Waals surface area (Å²) in [6.07, 6.45) is 4.61. The van der Waals surface area contributed by atoms with Crippen LogP contribution in [0.2, 0.25) is 0 Å². The molecular formula is C20H31N3O2. The highest BCUT2D eigenvalue weighted by molar-refractivity contribution is 5.84. The van der Waals surface area contributed by atoms with Crippen LogP contribution in [0.5, 0.6) is 0 Å². The van der Waals surface area contributed by atoms with Gasteiger partial charge in [-0.1, -0.05) is 37.6 Å². The minimum Gasteiger partial charge on any atom is -0.368 e. The van der Waals surface area contributed by atoms with E-state index in [0.717, 1.165) is 44.3 Å². The summed E-state index contributed by atoms with van der Waals surface area (Å²) in [6.45, 7) is 6.11. The van der Waals surface area contributed by atoms with Gasteiger partial charge in [-0.2, -0.15) is 0 Å². The van der Waals surface area contributed by atoms with Crippen molar-refractivity contribution in [3.05, 3.63) is 35.4 Å². The third-order valence-corrected chi connectivity index (χ3v) is 5.04. The van der Waals surface area contributed by atoms with Crippen molar-refractivity contribution in [2.45, 2.75) is 52.0 Å². The number of nitrogens with zero attached hydrogens (tertiary/aromatic N) is 1. The predicted molar refractivity (Wildman–Crippen MR) is 100.0 cm³/mol. The second-order valence-corrected chi connectivity index (χ2v) is 7.05. The molecule has 25 heavy (non-hydrogen) atoms. The highest BCUT2D eigenvalue weighted by atomic mass is 16.2. The largest absolute Gasteiger partial charge is 0.368 e. The number of hydrogen-bond acceptors (Lipinski definition) is 3. The molecule has 138 valence electrons. The number of benzene rings is 1. The molecule has 0 radical (unpaired) electrons. The molecule has 2 rings (SSSR count). The number of nitrogens with two attached hydrogens (primary N) is 1. The fraction of sp³-hybridized carbons (Fsp3) is 0.600. The lowest BCUT2D eigenvalue weighted by Gasteiger charge is -2.29. The maximum Gasteiger partial charge on any atom is 0.237 e. The third-order valence-electron chi connectivity index (χ3n) is 5.04. The van der Waals surface area contributed by atoms with Crippen LogP contribution in [0.15, 0.2) is 24.3 Å². The first-order valence-electron chi connectivity index (χ1n) is 9.38. The van der Waals surface area contributed by atoms with E-state index in [1.165, 1.54) is 5.56 Å². The Morgan fingerprint density at radius 1 is 1.32 bits per heavy atom. The van der Waals surface area contributed by atoms with Crippen molar-refractivity contribution < 1.29 is 9.59 Å². The van der Waals surface area contributed by atoms with Crippen molar-refractivity contribution in [3.8, 4) is 0 Å². The van der Waals surface area contributed by atoms with Gasteiger partial charge < -0.3 is 16.0 Å². The first kappa shape index (κ1) is 19.4. The van der Waals surface area contributed by atoms with Gasteiger partial charge in [-0.15, -0.1) is 0 Å². The van der Waals surface area contributed by atoms with Crippen molar-refractivity contribution >= 4 is 11.8 Å². The smallest absolute Gasteiger partial charge is 0.237 e. The Balaban J connectivity index is 2.03. The molecule has 2 unspecified atom stereocenters. The number of amides is 2. The van der Waals surface area contributed by atoms with Crippen molar-refractivity contribution in [1.82, 2.24) is 10.2 Å². The van der Waals surface area contributed by atoms with Crippen LogP contribution in [0.4, 0.5) is 0 Å². The molecule has 2 atom stereocenters. The lowest BCUT2D eigenvalue weighted by Crippen LogP contribution is -2.40. The van der Waals surface area contributed by atoms with Crippen LogP contribution < -0.4 is 11.1 Å². The van der Waals surface area contributed by atoms with Crippen LogP contribution >= 0.6 is 0 Å². The summed E-state index contributed by atoms with van der Waals surface area (Å²) in [5.74, 6) is 0.101. The molecule has 0 bridgehead atoms. The molecule has 0 saturated carbocycles. The first-order chi connectivity index (χ1) is 12.0. The fourth-order valence-electron chi connectivity index (χ4n) is 3.47. The minimum absolute atomic E-state index is 0.0100. The van der Waals surface area contributed by atoms with Gasteiger partial charge in [-0.3, -0.25) is 9.59 Å². The number of carbonyl (C=O) groups excluding carboxylic acids is 2. The van der Waals surface area contributed by atoms with Crippen LogP contribution in [0.25, 0.3) is 0 Å². The molecule has 5 heteroatoms. The van der Waals surface area contributed by atoms with Crippen molar-refractivity contribution in [2.75, 3.05) is 19.6 Å². The molecule has 3 N–H and O–H groups in total. The number of hydrogen-bond donors (Lipinski definition) is 2. The van der Waals surface area contributed by atoms with Gasteiger partial charge in [-0.05, 0) is 56.3 Å². The Hall–Kier alpha value is -1.88. The third kappa shape index (κ3) is 5.85. The Kier molecular flexibility index (Phi) is 7.44. The van der Waals surface area contributed by atoms with E-state index < -0.39 is 5.91 Å². The number of nitrogens with one attached hydrogen (secondary N) is 1. The van der Waals surface area contributed by atoms with Gasteiger partial charge in [0.25, 0.3) is 0 Å². The molecule has 0 aliphatic carbocycles. The number of rotatable bonds is 9. The summed E-state index contributed by atoms with van der Waals surface area (Å²) in [5.41, 5.74) is 7.72. The highest BCUT2D eigenvalue weighted by Crippen LogP contribution is 2.23.